The van der Waals surface area contributed by atoms with Crippen molar-refractivity contribution in [2.45, 2.75) is 111 Å². The molecule has 0 N–H and O–H groups in total. The summed E-state index contributed by atoms with van der Waals surface area (Å²) in [7, 11) is -2.88. The quantitative estimate of drug-likeness (QED) is 0.201. The third-order valence-corrected chi connectivity index (χ3v) is 6.89. The molecule has 1 unspecified atom stereocenters. The molecule has 146 valence electrons. The number of alkyl halides is 1. The van der Waals surface area contributed by atoms with Crippen LogP contribution in [0.2, 0.25) is 6.04 Å². The number of rotatable bonds is 18. The average Bonchev–Trinajstić information content (AvgIpc) is 2.60. The molecule has 0 saturated carbocycles. The van der Waals surface area contributed by atoms with E-state index in [-0.39, 0.29) is 0 Å². The Labute approximate surface area is 151 Å². The third-order valence-electron chi connectivity index (χ3n) is 4.02. The monoisotopic (exact) mass is 364 g/mol. The lowest BCUT2D eigenvalue weighted by atomic mass is 10.1. The number of hydrogen-bond acceptors (Lipinski definition) is 3. The van der Waals surface area contributed by atoms with E-state index in [1.165, 1.54) is 38.5 Å². The summed E-state index contributed by atoms with van der Waals surface area (Å²) in [6.45, 7) is 9.32. The van der Waals surface area contributed by atoms with Crippen LogP contribution in [0.1, 0.15) is 98.3 Å². The fourth-order valence-electron chi connectivity index (χ4n) is 2.58. The van der Waals surface area contributed by atoms with Gasteiger partial charge in [-0.2, -0.15) is 0 Å². The molecular weight excluding hydrogens is 323 g/mol. The van der Waals surface area contributed by atoms with Gasteiger partial charge in [0, 0.05) is 19.3 Å². The van der Waals surface area contributed by atoms with Gasteiger partial charge in [-0.25, -0.2) is 4.39 Å². The maximum Gasteiger partial charge on any atom is 0.503 e. The highest BCUT2D eigenvalue weighted by atomic mass is 28.4. The molecule has 1 atom stereocenters. The molecule has 0 spiro atoms. The molecule has 24 heavy (non-hydrogen) atoms. The molecule has 0 aliphatic carbocycles. The van der Waals surface area contributed by atoms with Gasteiger partial charge in [-0.3, -0.25) is 0 Å². The largest absolute Gasteiger partial charge is 0.503 e. The average molecular weight is 365 g/mol. The molecule has 0 aromatic carbocycles. The number of unbranched alkanes of at least 4 members (excludes halogenated alkanes) is 7. The summed E-state index contributed by atoms with van der Waals surface area (Å²) in [5.74, 6) is 0. The van der Waals surface area contributed by atoms with Gasteiger partial charge >= 0.3 is 8.80 Å². The van der Waals surface area contributed by atoms with Crippen molar-refractivity contribution in [2.75, 3.05) is 13.2 Å². The Morgan fingerprint density at radius 2 is 1.21 bits per heavy atom. The zero-order valence-corrected chi connectivity index (χ0v) is 17.6. The summed E-state index contributed by atoms with van der Waals surface area (Å²) in [6.07, 6.45) is 10.8. The van der Waals surface area contributed by atoms with Crippen LogP contribution in [0, 0.1) is 0 Å². The van der Waals surface area contributed by atoms with Gasteiger partial charge in [0.05, 0.1) is 0 Å². The van der Waals surface area contributed by atoms with Crippen molar-refractivity contribution < 1.29 is 17.7 Å². The van der Waals surface area contributed by atoms with Gasteiger partial charge in [0.2, 0.25) is 0 Å². The van der Waals surface area contributed by atoms with Crippen LogP contribution in [0.15, 0.2) is 0 Å². The van der Waals surface area contributed by atoms with E-state index < -0.39 is 15.2 Å². The minimum absolute atomic E-state index is 0.344. The summed E-state index contributed by atoms with van der Waals surface area (Å²) in [6, 6.07) is 0.738. The molecular formula is C19H41FO3Si. The van der Waals surface area contributed by atoms with E-state index in [2.05, 4.69) is 20.8 Å². The molecule has 0 rings (SSSR count). The zero-order valence-electron chi connectivity index (χ0n) is 16.6. The molecule has 0 amide bonds. The van der Waals surface area contributed by atoms with Crippen molar-refractivity contribution in [2.24, 2.45) is 0 Å². The first-order valence-corrected chi connectivity index (χ1v) is 12.2. The second-order valence-corrected chi connectivity index (χ2v) is 9.22. The Bertz CT molecular complexity index is 259. The Hall–Kier alpha value is 0.0269. The van der Waals surface area contributed by atoms with Gasteiger partial charge < -0.3 is 13.3 Å². The predicted octanol–water partition coefficient (Wildman–Crippen LogP) is 6.64. The van der Waals surface area contributed by atoms with Crippen molar-refractivity contribution >= 4 is 8.80 Å². The smallest absolute Gasteiger partial charge is 0.373 e. The second kappa shape index (κ2) is 16.5. The first kappa shape index (κ1) is 24.0. The van der Waals surface area contributed by atoms with Crippen LogP contribution in [-0.4, -0.2) is 28.4 Å². The minimum atomic E-state index is -2.88. The van der Waals surface area contributed by atoms with Crippen molar-refractivity contribution in [1.82, 2.24) is 0 Å². The summed E-state index contributed by atoms with van der Waals surface area (Å²) in [5.41, 5.74) is 0. The fraction of sp³-hybridized carbons (Fsp3) is 1.00. The van der Waals surface area contributed by atoms with Gasteiger partial charge in [0.25, 0.3) is 0 Å². The fourth-order valence-corrected chi connectivity index (χ4v) is 5.48. The summed E-state index contributed by atoms with van der Waals surface area (Å²) >= 11 is 0. The van der Waals surface area contributed by atoms with Crippen molar-refractivity contribution in [3.63, 3.8) is 0 Å². The molecule has 3 nitrogen and oxygen atoms in total. The van der Waals surface area contributed by atoms with Crippen LogP contribution >= 0.6 is 0 Å². The maximum atomic E-state index is 13.9. The molecule has 0 aromatic heterocycles. The lowest BCUT2D eigenvalue weighted by Crippen LogP contribution is -2.48. The standard InChI is InChI=1S/C19H41FO3Si/c1-5-9-10-11-12-13-14-15-18-24(21-16-6-2,22-17-7-3)23-19(20)8-4/h19H,5-18H2,1-4H3. The van der Waals surface area contributed by atoms with Gasteiger partial charge in [0.1, 0.15) is 0 Å². The minimum Gasteiger partial charge on any atom is -0.373 e. The second-order valence-electron chi connectivity index (χ2n) is 6.54. The molecule has 0 aromatic rings. The van der Waals surface area contributed by atoms with E-state index in [4.69, 9.17) is 13.3 Å². The number of hydrogen-bond donors (Lipinski definition) is 0. The maximum absolute atomic E-state index is 13.9. The van der Waals surface area contributed by atoms with Crippen LogP contribution in [0.4, 0.5) is 4.39 Å². The summed E-state index contributed by atoms with van der Waals surface area (Å²) < 4.78 is 31.5. The summed E-state index contributed by atoms with van der Waals surface area (Å²) in [4.78, 5) is 0. The van der Waals surface area contributed by atoms with Gasteiger partial charge in [-0.15, -0.1) is 0 Å². The molecule has 0 aliphatic heterocycles. The lowest BCUT2D eigenvalue weighted by molar-refractivity contribution is -0.0306. The summed E-state index contributed by atoms with van der Waals surface area (Å²) in [5, 5.41) is 0. The highest BCUT2D eigenvalue weighted by molar-refractivity contribution is 6.60. The Morgan fingerprint density at radius 1 is 0.708 bits per heavy atom. The molecule has 0 fully saturated rings. The lowest BCUT2D eigenvalue weighted by Gasteiger charge is -2.31. The highest BCUT2D eigenvalue weighted by Gasteiger charge is 2.42. The Balaban J connectivity index is 4.32. The Kier molecular flexibility index (Phi) is 16.5. The van der Waals surface area contributed by atoms with Crippen LogP contribution in [0.5, 0.6) is 0 Å². The molecule has 5 heteroatoms. The predicted molar refractivity (Wildman–Crippen MR) is 102 cm³/mol. The normalized spacial score (nSPS) is 13.4. The molecule has 0 radical (unpaired) electrons. The van der Waals surface area contributed by atoms with E-state index in [0.29, 0.717) is 19.6 Å². The van der Waals surface area contributed by atoms with E-state index >= 15 is 0 Å². The molecule has 0 aliphatic rings. The van der Waals surface area contributed by atoms with Crippen LogP contribution < -0.4 is 0 Å². The van der Waals surface area contributed by atoms with Crippen molar-refractivity contribution in [3.05, 3.63) is 0 Å². The zero-order chi connectivity index (χ0) is 18.1. The van der Waals surface area contributed by atoms with E-state index in [1.807, 2.05) is 0 Å². The molecule has 0 bridgehead atoms. The van der Waals surface area contributed by atoms with Gasteiger partial charge in [-0.1, -0.05) is 72.6 Å². The van der Waals surface area contributed by atoms with Crippen molar-refractivity contribution in [1.29, 1.82) is 0 Å². The third kappa shape index (κ3) is 12.4. The SMILES string of the molecule is CCCCCCCCCC[Si](OCCC)(OCCC)OC(F)CC. The van der Waals surface area contributed by atoms with E-state index in [1.54, 1.807) is 6.92 Å². The van der Waals surface area contributed by atoms with Crippen LogP contribution in [-0.2, 0) is 13.3 Å². The van der Waals surface area contributed by atoms with Gasteiger partial charge in [0.15, 0.2) is 6.36 Å². The first-order chi connectivity index (χ1) is 11.6. The van der Waals surface area contributed by atoms with Crippen molar-refractivity contribution in [3.8, 4) is 0 Å². The topological polar surface area (TPSA) is 27.7 Å². The number of halogens is 1. The molecule has 0 saturated heterocycles. The van der Waals surface area contributed by atoms with Gasteiger partial charge in [-0.05, 0) is 25.7 Å². The first-order valence-electron chi connectivity index (χ1n) is 10.2. The van der Waals surface area contributed by atoms with Crippen LogP contribution in [0.3, 0.4) is 0 Å². The molecule has 0 heterocycles. The highest BCUT2D eigenvalue weighted by Crippen LogP contribution is 2.24. The van der Waals surface area contributed by atoms with Crippen LogP contribution in [0.25, 0.3) is 0 Å². The van der Waals surface area contributed by atoms with E-state index in [0.717, 1.165) is 31.7 Å². The van der Waals surface area contributed by atoms with E-state index in [9.17, 15) is 4.39 Å². The Morgan fingerprint density at radius 3 is 1.67 bits per heavy atom.